The fourth-order valence-electron chi connectivity index (χ4n) is 1.11. The van der Waals surface area contributed by atoms with E-state index in [1.54, 1.807) is 13.8 Å². The zero-order valence-electron chi connectivity index (χ0n) is 8.79. The van der Waals surface area contributed by atoms with E-state index >= 15 is 0 Å². The zero-order chi connectivity index (χ0) is 10.7. The van der Waals surface area contributed by atoms with Crippen molar-refractivity contribution in [2.45, 2.75) is 32.3 Å². The third-order valence-corrected chi connectivity index (χ3v) is 5.33. The Morgan fingerprint density at radius 1 is 1.38 bits per heavy atom. The van der Waals surface area contributed by atoms with Gasteiger partial charge in [-0.3, -0.25) is 9.36 Å². The molecule has 0 fully saturated rings. The molecule has 4 nitrogen and oxygen atoms in total. The molecule has 0 radical (unpaired) electrons. The molecule has 5 heteroatoms. The van der Waals surface area contributed by atoms with Gasteiger partial charge in [0.15, 0.2) is 0 Å². The smallest absolute Gasteiger partial charge is 0.311 e. The Bertz CT molecular complexity index is 230. The van der Waals surface area contributed by atoms with E-state index in [2.05, 4.69) is 0 Å². The number of Topliss-reactive ketones (excluding diaryl/α,β-unsaturated/α-hetero) is 1. The standard InChI is InChI=1S/C8H17O4P/c1-6-8(3,7(2)9)13(10,11-4)12-5/h6H2,1-5H3. The first-order valence-corrected chi connectivity index (χ1v) is 5.65. The van der Waals surface area contributed by atoms with E-state index in [-0.39, 0.29) is 5.78 Å². The summed E-state index contributed by atoms with van der Waals surface area (Å²) in [7, 11) is -0.723. The third-order valence-electron chi connectivity index (χ3n) is 2.53. The second-order valence-corrected chi connectivity index (χ2v) is 5.76. The van der Waals surface area contributed by atoms with Crippen molar-refractivity contribution in [2.24, 2.45) is 0 Å². The molecule has 0 aliphatic rings. The van der Waals surface area contributed by atoms with Crippen LogP contribution in [0.4, 0.5) is 0 Å². The Kier molecular flexibility index (Phi) is 4.30. The molecule has 0 aromatic heterocycles. The van der Waals surface area contributed by atoms with Crippen LogP contribution < -0.4 is 0 Å². The lowest BCUT2D eigenvalue weighted by Gasteiger charge is -2.31. The average Bonchev–Trinajstić information content (AvgIpc) is 2.14. The topological polar surface area (TPSA) is 52.6 Å². The molecule has 0 spiro atoms. The molecule has 0 aliphatic carbocycles. The van der Waals surface area contributed by atoms with Gasteiger partial charge in [-0.2, -0.15) is 0 Å². The van der Waals surface area contributed by atoms with Gasteiger partial charge in [0.1, 0.15) is 10.9 Å². The highest BCUT2D eigenvalue weighted by Crippen LogP contribution is 2.60. The van der Waals surface area contributed by atoms with Crippen LogP contribution in [0.2, 0.25) is 0 Å². The maximum absolute atomic E-state index is 12.0. The highest BCUT2D eigenvalue weighted by atomic mass is 31.2. The predicted molar refractivity (Wildman–Crippen MR) is 51.0 cm³/mol. The number of ketones is 1. The quantitative estimate of drug-likeness (QED) is 0.650. The minimum atomic E-state index is -3.31. The van der Waals surface area contributed by atoms with Crippen LogP contribution in [0, 0.1) is 0 Å². The monoisotopic (exact) mass is 208 g/mol. The first-order valence-electron chi connectivity index (χ1n) is 4.10. The van der Waals surface area contributed by atoms with Gasteiger partial charge < -0.3 is 9.05 Å². The van der Waals surface area contributed by atoms with Crippen LogP contribution in [0.1, 0.15) is 27.2 Å². The molecule has 0 heterocycles. The number of carbonyl (C=O) groups is 1. The minimum absolute atomic E-state index is 0.179. The summed E-state index contributed by atoms with van der Waals surface area (Å²) in [6.07, 6.45) is 0.432. The van der Waals surface area contributed by atoms with Crippen molar-refractivity contribution in [3.05, 3.63) is 0 Å². The van der Waals surface area contributed by atoms with Gasteiger partial charge in [0, 0.05) is 14.2 Å². The first-order chi connectivity index (χ1) is 5.88. The van der Waals surface area contributed by atoms with Crippen LogP contribution in [-0.2, 0) is 18.4 Å². The molecule has 0 amide bonds. The fraction of sp³-hybridized carbons (Fsp3) is 0.875. The summed E-state index contributed by atoms with van der Waals surface area (Å²) in [5.74, 6) is -0.179. The van der Waals surface area contributed by atoms with Crippen molar-refractivity contribution in [2.75, 3.05) is 14.2 Å². The maximum atomic E-state index is 12.0. The maximum Gasteiger partial charge on any atom is 0.343 e. The molecule has 1 atom stereocenters. The fourth-order valence-corrected chi connectivity index (χ4v) is 2.84. The molecule has 0 saturated heterocycles. The van der Waals surface area contributed by atoms with E-state index in [0.717, 1.165) is 0 Å². The van der Waals surface area contributed by atoms with E-state index in [4.69, 9.17) is 9.05 Å². The minimum Gasteiger partial charge on any atom is -0.311 e. The van der Waals surface area contributed by atoms with Crippen LogP contribution in [0.3, 0.4) is 0 Å². The van der Waals surface area contributed by atoms with Gasteiger partial charge >= 0.3 is 7.60 Å². The van der Waals surface area contributed by atoms with Gasteiger partial charge in [-0.25, -0.2) is 0 Å². The van der Waals surface area contributed by atoms with Gasteiger partial charge in [-0.05, 0) is 20.3 Å². The Hall–Kier alpha value is -0.180. The first kappa shape index (κ1) is 12.8. The van der Waals surface area contributed by atoms with Crippen molar-refractivity contribution in [1.29, 1.82) is 0 Å². The van der Waals surface area contributed by atoms with E-state index in [1.807, 2.05) is 0 Å². The second kappa shape index (κ2) is 4.36. The average molecular weight is 208 g/mol. The lowest BCUT2D eigenvalue weighted by molar-refractivity contribution is -0.119. The Morgan fingerprint density at radius 2 is 1.77 bits per heavy atom. The lowest BCUT2D eigenvalue weighted by atomic mass is 10.0. The van der Waals surface area contributed by atoms with Crippen LogP contribution in [0.5, 0.6) is 0 Å². The molecule has 0 N–H and O–H groups in total. The summed E-state index contributed by atoms with van der Waals surface area (Å²) in [6.45, 7) is 4.78. The van der Waals surface area contributed by atoms with Crippen molar-refractivity contribution >= 4 is 13.4 Å². The molecule has 78 valence electrons. The lowest BCUT2D eigenvalue weighted by Crippen LogP contribution is -2.33. The summed E-state index contributed by atoms with van der Waals surface area (Å²) in [5.41, 5.74) is 0. The largest absolute Gasteiger partial charge is 0.343 e. The zero-order valence-corrected chi connectivity index (χ0v) is 9.68. The summed E-state index contributed by atoms with van der Waals surface area (Å²) < 4.78 is 21.6. The van der Waals surface area contributed by atoms with Gasteiger partial charge in [0.25, 0.3) is 0 Å². The molecule has 13 heavy (non-hydrogen) atoms. The summed E-state index contributed by atoms with van der Waals surface area (Å²) in [4.78, 5) is 11.3. The third kappa shape index (κ3) is 2.01. The molecule has 0 aliphatic heterocycles. The van der Waals surface area contributed by atoms with Gasteiger partial charge in [-0.1, -0.05) is 6.92 Å². The summed E-state index contributed by atoms with van der Waals surface area (Å²) >= 11 is 0. The van der Waals surface area contributed by atoms with Crippen LogP contribution in [0.25, 0.3) is 0 Å². The number of rotatable bonds is 5. The molecule has 0 bridgehead atoms. The predicted octanol–water partition coefficient (Wildman–Crippen LogP) is 2.23. The van der Waals surface area contributed by atoms with Crippen molar-refractivity contribution in [1.82, 2.24) is 0 Å². The number of hydrogen-bond acceptors (Lipinski definition) is 4. The van der Waals surface area contributed by atoms with Crippen molar-refractivity contribution in [3.63, 3.8) is 0 Å². The second-order valence-electron chi connectivity index (χ2n) is 3.05. The molecule has 0 rings (SSSR count). The van der Waals surface area contributed by atoms with E-state index in [1.165, 1.54) is 21.1 Å². The van der Waals surface area contributed by atoms with Gasteiger partial charge in [0.05, 0.1) is 0 Å². The highest BCUT2D eigenvalue weighted by Gasteiger charge is 2.48. The number of hydrogen-bond donors (Lipinski definition) is 0. The van der Waals surface area contributed by atoms with Crippen molar-refractivity contribution < 1.29 is 18.4 Å². The van der Waals surface area contributed by atoms with Crippen molar-refractivity contribution in [3.8, 4) is 0 Å². The molecule has 0 saturated carbocycles. The van der Waals surface area contributed by atoms with E-state index in [9.17, 15) is 9.36 Å². The van der Waals surface area contributed by atoms with Crippen LogP contribution in [0.15, 0.2) is 0 Å². The van der Waals surface area contributed by atoms with Crippen LogP contribution >= 0.6 is 7.60 Å². The molecule has 0 aromatic carbocycles. The Labute approximate surface area is 79.1 Å². The molecule has 0 aromatic rings. The molecule has 1 unspecified atom stereocenters. The van der Waals surface area contributed by atoms with Crippen LogP contribution in [-0.4, -0.2) is 25.2 Å². The van der Waals surface area contributed by atoms with E-state index < -0.39 is 12.8 Å². The van der Waals surface area contributed by atoms with E-state index in [0.29, 0.717) is 6.42 Å². The molecular weight excluding hydrogens is 191 g/mol. The summed E-state index contributed by atoms with van der Waals surface area (Å²) in [5, 5.41) is -1.03. The van der Waals surface area contributed by atoms with Gasteiger partial charge in [-0.15, -0.1) is 0 Å². The highest BCUT2D eigenvalue weighted by molar-refractivity contribution is 7.56. The summed E-state index contributed by atoms with van der Waals surface area (Å²) in [6, 6.07) is 0. The number of carbonyl (C=O) groups excluding carboxylic acids is 1. The van der Waals surface area contributed by atoms with Gasteiger partial charge in [0.2, 0.25) is 0 Å². The Balaban J connectivity index is 5.16. The molecular formula is C8H17O4P. The normalized spacial score (nSPS) is 16.7. The Morgan fingerprint density at radius 3 is 1.85 bits per heavy atom. The SMILES string of the molecule is CCC(C)(C(C)=O)P(=O)(OC)OC.